The summed E-state index contributed by atoms with van der Waals surface area (Å²) in [5.41, 5.74) is -1.23. The Bertz CT molecular complexity index is 1240. The molecule has 31 heavy (non-hydrogen) atoms. The summed E-state index contributed by atoms with van der Waals surface area (Å²) in [4.78, 5) is 22.3. The number of amides is 1. The average Bonchev–Trinajstić information content (AvgIpc) is 2.69. The van der Waals surface area contributed by atoms with Gasteiger partial charge in [0.25, 0.3) is 11.6 Å². The van der Waals surface area contributed by atoms with Crippen molar-refractivity contribution in [2.24, 2.45) is 0 Å². The molecule has 13 heteroatoms. The van der Waals surface area contributed by atoms with Gasteiger partial charge in [0, 0.05) is 37.0 Å². The van der Waals surface area contributed by atoms with Crippen LogP contribution in [-0.4, -0.2) is 56.4 Å². The highest BCUT2D eigenvalue weighted by molar-refractivity contribution is 7.90. The van der Waals surface area contributed by atoms with Crippen molar-refractivity contribution in [3.63, 3.8) is 0 Å². The van der Waals surface area contributed by atoms with E-state index in [1.165, 1.54) is 10.4 Å². The predicted molar refractivity (Wildman–Crippen MR) is 112 cm³/mol. The molecule has 0 aromatic heterocycles. The molecule has 0 heterocycles. The number of rotatable bonds is 8. The van der Waals surface area contributed by atoms with E-state index in [-0.39, 0.29) is 29.2 Å². The van der Waals surface area contributed by atoms with Crippen molar-refractivity contribution >= 4 is 37.1 Å². The molecule has 0 atom stereocenters. The maximum Gasteiger partial charge on any atom is 0.271 e. The molecule has 11 nitrogen and oxygen atoms in total. The van der Waals surface area contributed by atoms with E-state index in [1.54, 1.807) is 13.8 Å². The maximum atomic E-state index is 12.7. The van der Waals surface area contributed by atoms with Crippen molar-refractivity contribution < 1.29 is 31.7 Å². The van der Waals surface area contributed by atoms with E-state index < -0.39 is 47.0 Å². The van der Waals surface area contributed by atoms with Gasteiger partial charge in [-0.25, -0.2) is 16.8 Å². The number of anilines is 1. The van der Waals surface area contributed by atoms with E-state index in [2.05, 4.69) is 5.32 Å². The Morgan fingerprint density at radius 2 is 1.68 bits per heavy atom. The molecule has 2 N–H and O–H groups in total. The first-order valence-electron chi connectivity index (χ1n) is 8.95. The molecule has 2 aromatic rings. The number of non-ortho nitro benzene ring substituents is 1. The summed E-state index contributed by atoms with van der Waals surface area (Å²) >= 11 is 0. The van der Waals surface area contributed by atoms with Crippen LogP contribution in [0, 0.1) is 10.1 Å². The number of hydrogen-bond donors (Lipinski definition) is 2. The van der Waals surface area contributed by atoms with Crippen molar-refractivity contribution in [3.05, 3.63) is 52.1 Å². The highest BCUT2D eigenvalue weighted by Crippen LogP contribution is 2.29. The van der Waals surface area contributed by atoms with Crippen molar-refractivity contribution in [3.8, 4) is 5.75 Å². The van der Waals surface area contributed by atoms with E-state index in [9.17, 15) is 36.9 Å². The molecule has 0 radical (unpaired) electrons. The van der Waals surface area contributed by atoms with Gasteiger partial charge >= 0.3 is 0 Å². The number of nitrogens with zero attached hydrogens (tertiary/aromatic N) is 2. The van der Waals surface area contributed by atoms with E-state index in [1.807, 2.05) is 0 Å². The average molecular weight is 472 g/mol. The number of carbonyl (C=O) groups excluding carboxylic acids is 1. The number of phenolic OH excluding ortho intramolecular Hbond substituents is 1. The number of sulfone groups is 1. The quantitative estimate of drug-likeness (QED) is 0.335. The Morgan fingerprint density at radius 3 is 2.19 bits per heavy atom. The fourth-order valence-electron chi connectivity index (χ4n) is 2.72. The van der Waals surface area contributed by atoms with Gasteiger partial charge in [-0.15, -0.1) is 0 Å². The largest absolute Gasteiger partial charge is 0.506 e. The van der Waals surface area contributed by atoms with E-state index >= 15 is 0 Å². The summed E-state index contributed by atoms with van der Waals surface area (Å²) in [5, 5.41) is 23.4. The molecule has 0 aliphatic heterocycles. The van der Waals surface area contributed by atoms with Crippen LogP contribution in [0.2, 0.25) is 0 Å². The zero-order chi connectivity index (χ0) is 23.6. The van der Waals surface area contributed by atoms with Crippen LogP contribution in [0.15, 0.2) is 46.2 Å². The first-order valence-corrected chi connectivity index (χ1v) is 12.3. The summed E-state index contributed by atoms with van der Waals surface area (Å²) in [6, 6.07) is 5.95. The Hall–Kier alpha value is -3.03. The van der Waals surface area contributed by atoms with Crippen LogP contribution in [0.25, 0.3) is 0 Å². The SMILES string of the molecule is CCN(CC)S(=O)(=O)c1ccc(O)c(NC(=O)c2cc([N+](=O)[O-])cc(S(C)(=O)=O)c2)c1. The zero-order valence-corrected chi connectivity index (χ0v) is 18.5. The number of hydrogen-bond acceptors (Lipinski definition) is 8. The zero-order valence-electron chi connectivity index (χ0n) is 16.9. The van der Waals surface area contributed by atoms with Gasteiger partial charge in [0.1, 0.15) is 5.75 Å². The second-order valence-electron chi connectivity index (χ2n) is 6.47. The van der Waals surface area contributed by atoms with Gasteiger partial charge in [0.2, 0.25) is 10.0 Å². The van der Waals surface area contributed by atoms with Gasteiger partial charge in [-0.2, -0.15) is 4.31 Å². The van der Waals surface area contributed by atoms with Crippen LogP contribution in [0.5, 0.6) is 5.75 Å². The summed E-state index contributed by atoms with van der Waals surface area (Å²) in [7, 11) is -7.74. The maximum absolute atomic E-state index is 12.7. The number of phenols is 1. The minimum absolute atomic E-state index is 0.180. The second-order valence-corrected chi connectivity index (χ2v) is 10.4. The molecule has 0 saturated heterocycles. The van der Waals surface area contributed by atoms with Crippen molar-refractivity contribution in [1.82, 2.24) is 4.31 Å². The van der Waals surface area contributed by atoms with Crippen LogP contribution in [0.4, 0.5) is 11.4 Å². The number of carbonyl (C=O) groups is 1. The molecule has 0 aliphatic rings. The molecular formula is C18H21N3O8S2. The minimum Gasteiger partial charge on any atom is -0.506 e. The fraction of sp³-hybridized carbons (Fsp3) is 0.278. The summed E-state index contributed by atoms with van der Waals surface area (Å²) in [6.45, 7) is 3.74. The normalized spacial score (nSPS) is 12.0. The molecular weight excluding hydrogens is 450 g/mol. The van der Waals surface area contributed by atoms with Crippen molar-refractivity contribution in [1.29, 1.82) is 0 Å². The summed E-state index contributed by atoms with van der Waals surface area (Å²) in [5.74, 6) is -1.41. The Balaban J connectivity index is 2.49. The third kappa shape index (κ3) is 5.37. The number of aromatic hydroxyl groups is 1. The number of nitro benzene ring substituents is 1. The molecule has 0 spiro atoms. The Kier molecular flexibility index (Phi) is 7.03. The van der Waals surface area contributed by atoms with Gasteiger partial charge in [-0.05, 0) is 24.3 Å². The lowest BCUT2D eigenvalue weighted by Gasteiger charge is -2.19. The molecule has 0 fully saturated rings. The minimum atomic E-state index is -3.88. The van der Waals surface area contributed by atoms with Crippen LogP contribution in [0.1, 0.15) is 24.2 Å². The van der Waals surface area contributed by atoms with Crippen LogP contribution in [-0.2, 0) is 19.9 Å². The fourth-order valence-corrected chi connectivity index (χ4v) is 4.88. The molecule has 2 rings (SSSR count). The van der Waals surface area contributed by atoms with Crippen LogP contribution < -0.4 is 5.32 Å². The highest BCUT2D eigenvalue weighted by Gasteiger charge is 2.24. The lowest BCUT2D eigenvalue weighted by molar-refractivity contribution is -0.385. The molecule has 0 bridgehead atoms. The number of sulfonamides is 1. The second kappa shape index (κ2) is 8.99. The van der Waals surface area contributed by atoms with E-state index in [4.69, 9.17) is 0 Å². The molecule has 0 unspecified atom stereocenters. The smallest absolute Gasteiger partial charge is 0.271 e. The van der Waals surface area contributed by atoms with E-state index in [0.717, 1.165) is 36.6 Å². The van der Waals surface area contributed by atoms with Gasteiger partial charge in [0.05, 0.1) is 20.4 Å². The Morgan fingerprint density at radius 1 is 1.06 bits per heavy atom. The third-order valence-electron chi connectivity index (χ3n) is 4.35. The monoisotopic (exact) mass is 471 g/mol. The summed E-state index contributed by atoms with van der Waals surface area (Å²) in [6.07, 6.45) is 0.834. The first-order chi connectivity index (χ1) is 14.3. The van der Waals surface area contributed by atoms with Crippen LogP contribution in [0.3, 0.4) is 0 Å². The lowest BCUT2D eigenvalue weighted by Crippen LogP contribution is -2.30. The first kappa shape index (κ1) is 24.2. The van der Waals surface area contributed by atoms with Crippen molar-refractivity contribution in [2.45, 2.75) is 23.6 Å². The molecule has 0 aliphatic carbocycles. The standard InChI is InChI=1S/C18H21N3O8S2/c1-4-20(5-2)31(28,29)14-6-7-17(22)16(11-14)19-18(23)12-8-13(21(24)25)10-15(9-12)30(3,26)27/h6-11,22H,4-5H2,1-3H3,(H,19,23). The van der Waals surface area contributed by atoms with Crippen molar-refractivity contribution in [2.75, 3.05) is 24.7 Å². The van der Waals surface area contributed by atoms with Gasteiger partial charge in [-0.1, -0.05) is 13.8 Å². The molecule has 2 aromatic carbocycles. The summed E-state index contributed by atoms with van der Waals surface area (Å²) < 4.78 is 50.2. The molecule has 1 amide bonds. The third-order valence-corrected chi connectivity index (χ3v) is 7.49. The van der Waals surface area contributed by atoms with Crippen LogP contribution >= 0.6 is 0 Å². The number of nitrogens with one attached hydrogen (secondary N) is 1. The Labute approximate surface area is 179 Å². The number of nitro groups is 1. The lowest BCUT2D eigenvalue weighted by atomic mass is 10.2. The highest BCUT2D eigenvalue weighted by atomic mass is 32.2. The molecule has 168 valence electrons. The molecule has 0 saturated carbocycles. The van der Waals surface area contributed by atoms with Gasteiger partial charge in [-0.3, -0.25) is 14.9 Å². The number of benzene rings is 2. The van der Waals surface area contributed by atoms with Gasteiger partial charge < -0.3 is 10.4 Å². The predicted octanol–water partition coefficient (Wildman–Crippen LogP) is 1.99. The topological polar surface area (TPSA) is 164 Å². The van der Waals surface area contributed by atoms with Gasteiger partial charge in [0.15, 0.2) is 9.84 Å². The van der Waals surface area contributed by atoms with E-state index in [0.29, 0.717) is 0 Å².